The zero-order valence-electron chi connectivity index (χ0n) is 14.9. The van der Waals surface area contributed by atoms with Gasteiger partial charge in [0, 0.05) is 0 Å². The van der Waals surface area contributed by atoms with Crippen LogP contribution in [0.15, 0.2) is 84.9 Å². The number of allylic oxidation sites excluding steroid dienone is 1. The fourth-order valence-corrected chi connectivity index (χ4v) is 3.13. The van der Waals surface area contributed by atoms with E-state index in [9.17, 15) is 4.79 Å². The SMILES string of the molecule is CC/C(=C(\c1ccccc1)c1ccc(OCC=O)cc1)c1ccccc1. The molecular weight excluding hydrogens is 320 g/mol. The van der Waals surface area contributed by atoms with Gasteiger partial charge in [0.05, 0.1) is 0 Å². The quantitative estimate of drug-likeness (QED) is 0.411. The Morgan fingerprint density at radius 2 is 1.31 bits per heavy atom. The lowest BCUT2D eigenvalue weighted by molar-refractivity contribution is -0.109. The molecule has 2 nitrogen and oxygen atoms in total. The Hall–Kier alpha value is -3.13. The minimum absolute atomic E-state index is 0.0744. The summed E-state index contributed by atoms with van der Waals surface area (Å²) in [6.45, 7) is 2.26. The van der Waals surface area contributed by atoms with Crippen molar-refractivity contribution in [3.8, 4) is 5.75 Å². The Bertz CT molecular complexity index is 863. The van der Waals surface area contributed by atoms with Gasteiger partial charge in [0.1, 0.15) is 12.4 Å². The van der Waals surface area contributed by atoms with Gasteiger partial charge in [0.25, 0.3) is 0 Å². The topological polar surface area (TPSA) is 26.3 Å². The molecule has 0 N–H and O–H groups in total. The van der Waals surface area contributed by atoms with Crippen LogP contribution in [0.1, 0.15) is 30.0 Å². The number of aldehydes is 1. The number of hydrogen-bond acceptors (Lipinski definition) is 2. The summed E-state index contributed by atoms with van der Waals surface area (Å²) >= 11 is 0. The molecule has 0 heterocycles. The Morgan fingerprint density at radius 1 is 0.769 bits per heavy atom. The lowest BCUT2D eigenvalue weighted by atomic mass is 9.88. The zero-order chi connectivity index (χ0) is 18.2. The van der Waals surface area contributed by atoms with E-state index in [0.29, 0.717) is 5.75 Å². The van der Waals surface area contributed by atoms with Crippen LogP contribution in [-0.2, 0) is 4.79 Å². The number of rotatable bonds is 7. The van der Waals surface area contributed by atoms with Crippen LogP contribution >= 0.6 is 0 Å². The fourth-order valence-electron chi connectivity index (χ4n) is 3.13. The van der Waals surface area contributed by atoms with Gasteiger partial charge in [0.15, 0.2) is 6.29 Å². The minimum atomic E-state index is 0.0744. The minimum Gasteiger partial charge on any atom is -0.486 e. The van der Waals surface area contributed by atoms with Gasteiger partial charge in [-0.3, -0.25) is 4.79 Å². The number of ether oxygens (including phenoxy) is 1. The largest absolute Gasteiger partial charge is 0.486 e. The van der Waals surface area contributed by atoms with Crippen LogP contribution in [0.4, 0.5) is 0 Å². The van der Waals surface area contributed by atoms with Crippen molar-refractivity contribution in [2.45, 2.75) is 13.3 Å². The molecule has 0 radical (unpaired) electrons. The van der Waals surface area contributed by atoms with E-state index in [0.717, 1.165) is 18.3 Å². The fraction of sp³-hybridized carbons (Fsp3) is 0.125. The van der Waals surface area contributed by atoms with Crippen molar-refractivity contribution in [1.29, 1.82) is 0 Å². The third kappa shape index (κ3) is 4.09. The summed E-state index contributed by atoms with van der Waals surface area (Å²) in [4.78, 5) is 10.5. The lowest BCUT2D eigenvalue weighted by Gasteiger charge is -2.16. The molecule has 0 fully saturated rings. The third-order valence-electron chi connectivity index (χ3n) is 4.30. The summed E-state index contributed by atoms with van der Waals surface area (Å²) in [6, 6.07) is 28.9. The molecule has 0 spiro atoms. The maximum atomic E-state index is 10.5. The van der Waals surface area contributed by atoms with Gasteiger partial charge in [-0.2, -0.15) is 0 Å². The second-order valence-corrected chi connectivity index (χ2v) is 5.94. The predicted octanol–water partition coefficient (Wildman–Crippen LogP) is 5.63. The maximum Gasteiger partial charge on any atom is 0.157 e. The molecule has 3 aromatic carbocycles. The van der Waals surface area contributed by atoms with Crippen molar-refractivity contribution in [1.82, 2.24) is 0 Å². The first-order chi connectivity index (χ1) is 12.8. The molecule has 2 heteroatoms. The summed E-state index contributed by atoms with van der Waals surface area (Å²) in [7, 11) is 0. The van der Waals surface area contributed by atoms with E-state index >= 15 is 0 Å². The number of carbonyl (C=O) groups excluding carboxylic acids is 1. The molecular formula is C24H22O2. The zero-order valence-corrected chi connectivity index (χ0v) is 14.9. The summed E-state index contributed by atoms with van der Waals surface area (Å²) in [5.74, 6) is 0.700. The summed E-state index contributed by atoms with van der Waals surface area (Å²) < 4.78 is 5.38. The van der Waals surface area contributed by atoms with Crippen molar-refractivity contribution in [3.63, 3.8) is 0 Å². The van der Waals surface area contributed by atoms with Gasteiger partial charge < -0.3 is 4.74 Å². The van der Waals surface area contributed by atoms with Crippen LogP contribution in [0.25, 0.3) is 11.1 Å². The lowest BCUT2D eigenvalue weighted by Crippen LogP contribution is -1.98. The first-order valence-electron chi connectivity index (χ1n) is 8.84. The Kier molecular flexibility index (Phi) is 6.00. The summed E-state index contributed by atoms with van der Waals surface area (Å²) in [5.41, 5.74) is 6.08. The monoisotopic (exact) mass is 342 g/mol. The smallest absolute Gasteiger partial charge is 0.157 e. The van der Waals surface area contributed by atoms with E-state index in [4.69, 9.17) is 4.74 Å². The molecule has 3 aromatic rings. The van der Waals surface area contributed by atoms with Crippen molar-refractivity contribution in [3.05, 3.63) is 102 Å². The molecule has 0 atom stereocenters. The molecule has 0 unspecified atom stereocenters. The van der Waals surface area contributed by atoms with Gasteiger partial charge in [0.2, 0.25) is 0 Å². The number of hydrogen-bond donors (Lipinski definition) is 0. The molecule has 0 aliphatic rings. The third-order valence-corrected chi connectivity index (χ3v) is 4.30. The molecule has 0 saturated carbocycles. The van der Waals surface area contributed by atoms with Gasteiger partial charge in [-0.1, -0.05) is 79.7 Å². The van der Waals surface area contributed by atoms with E-state index in [2.05, 4.69) is 67.6 Å². The standard InChI is InChI=1S/C24H22O2/c1-2-23(19-9-5-3-6-10-19)24(20-11-7-4-8-12-20)21-13-15-22(16-14-21)26-18-17-25/h3-17H,2,18H2,1H3/b24-23-. The van der Waals surface area contributed by atoms with Crippen LogP contribution in [0, 0.1) is 0 Å². The highest BCUT2D eigenvalue weighted by Crippen LogP contribution is 2.34. The van der Waals surface area contributed by atoms with Crippen molar-refractivity contribution < 1.29 is 9.53 Å². The van der Waals surface area contributed by atoms with Crippen LogP contribution in [0.3, 0.4) is 0 Å². The number of benzene rings is 3. The molecule has 0 aromatic heterocycles. The molecule has 26 heavy (non-hydrogen) atoms. The first kappa shape index (κ1) is 17.7. The second-order valence-electron chi connectivity index (χ2n) is 5.94. The predicted molar refractivity (Wildman–Crippen MR) is 107 cm³/mol. The molecule has 0 aliphatic carbocycles. The average molecular weight is 342 g/mol. The van der Waals surface area contributed by atoms with E-state index in [1.165, 1.54) is 22.3 Å². The Labute approximate surface area is 154 Å². The highest BCUT2D eigenvalue weighted by molar-refractivity contribution is 5.98. The van der Waals surface area contributed by atoms with Crippen molar-refractivity contribution >= 4 is 17.4 Å². The van der Waals surface area contributed by atoms with E-state index in [1.54, 1.807) is 0 Å². The van der Waals surface area contributed by atoms with Crippen LogP contribution in [0.5, 0.6) is 5.75 Å². The molecule has 130 valence electrons. The summed E-state index contributed by atoms with van der Waals surface area (Å²) in [5, 5.41) is 0. The first-order valence-corrected chi connectivity index (χ1v) is 8.84. The van der Waals surface area contributed by atoms with Gasteiger partial charge in [-0.05, 0) is 46.4 Å². The van der Waals surface area contributed by atoms with Crippen LogP contribution < -0.4 is 4.74 Å². The van der Waals surface area contributed by atoms with Gasteiger partial charge >= 0.3 is 0 Å². The molecule has 3 rings (SSSR count). The van der Waals surface area contributed by atoms with E-state index in [-0.39, 0.29) is 6.61 Å². The van der Waals surface area contributed by atoms with E-state index < -0.39 is 0 Å². The van der Waals surface area contributed by atoms with Crippen LogP contribution in [-0.4, -0.2) is 12.9 Å². The second kappa shape index (κ2) is 8.82. The Balaban J connectivity index is 2.13. The van der Waals surface area contributed by atoms with Crippen LogP contribution in [0.2, 0.25) is 0 Å². The van der Waals surface area contributed by atoms with Gasteiger partial charge in [-0.25, -0.2) is 0 Å². The molecule has 0 amide bonds. The van der Waals surface area contributed by atoms with Crippen molar-refractivity contribution in [2.24, 2.45) is 0 Å². The Morgan fingerprint density at radius 3 is 1.85 bits per heavy atom. The van der Waals surface area contributed by atoms with E-state index in [1.807, 2.05) is 24.3 Å². The van der Waals surface area contributed by atoms with Gasteiger partial charge in [-0.15, -0.1) is 0 Å². The number of carbonyl (C=O) groups is 1. The van der Waals surface area contributed by atoms with Crippen molar-refractivity contribution in [2.75, 3.05) is 6.61 Å². The molecule has 0 saturated heterocycles. The maximum absolute atomic E-state index is 10.5. The average Bonchev–Trinajstić information content (AvgIpc) is 2.72. The highest BCUT2D eigenvalue weighted by atomic mass is 16.5. The molecule has 0 bridgehead atoms. The molecule has 0 aliphatic heterocycles. The summed E-state index contributed by atoms with van der Waals surface area (Å²) in [6.07, 6.45) is 1.69. The normalized spacial score (nSPS) is 11.6. The highest BCUT2D eigenvalue weighted by Gasteiger charge is 2.12.